The fourth-order valence-electron chi connectivity index (χ4n) is 3.20. The highest BCUT2D eigenvalue weighted by Gasteiger charge is 2.37. The molecular formula is C18H35NO. The van der Waals surface area contributed by atoms with E-state index in [0.717, 1.165) is 19.3 Å². The van der Waals surface area contributed by atoms with Gasteiger partial charge in [0.1, 0.15) is 5.78 Å². The fraction of sp³-hybridized carbons (Fsp3) is 0.944. The summed E-state index contributed by atoms with van der Waals surface area (Å²) in [7, 11) is 0. The first-order valence-electron chi connectivity index (χ1n) is 8.49. The summed E-state index contributed by atoms with van der Waals surface area (Å²) < 4.78 is 0. The van der Waals surface area contributed by atoms with E-state index in [4.69, 9.17) is 0 Å². The minimum Gasteiger partial charge on any atom is -0.309 e. The SMILES string of the molecule is CCC(C)(C)C(=O)C1CCCCCCC1NC(C)(C)C. The molecule has 2 nitrogen and oxygen atoms in total. The van der Waals surface area contributed by atoms with Gasteiger partial charge >= 0.3 is 0 Å². The van der Waals surface area contributed by atoms with Gasteiger partial charge in [0.15, 0.2) is 0 Å². The Bertz CT molecular complexity index is 314. The zero-order chi connectivity index (χ0) is 15.4. The van der Waals surface area contributed by atoms with Gasteiger partial charge in [-0.1, -0.05) is 46.5 Å². The lowest BCUT2D eigenvalue weighted by Gasteiger charge is -2.38. The molecule has 0 bridgehead atoms. The first-order valence-corrected chi connectivity index (χ1v) is 8.49. The van der Waals surface area contributed by atoms with Gasteiger partial charge in [0.25, 0.3) is 0 Å². The van der Waals surface area contributed by atoms with Crippen molar-refractivity contribution in [2.45, 2.75) is 98.1 Å². The van der Waals surface area contributed by atoms with Crippen LogP contribution in [-0.4, -0.2) is 17.4 Å². The summed E-state index contributed by atoms with van der Waals surface area (Å²) in [5.41, 5.74) is -0.0968. The van der Waals surface area contributed by atoms with E-state index in [1.54, 1.807) is 0 Å². The Morgan fingerprint density at radius 3 is 2.05 bits per heavy atom. The maximum absolute atomic E-state index is 13.0. The maximum atomic E-state index is 13.0. The second kappa shape index (κ2) is 7.06. The Kier molecular flexibility index (Phi) is 6.25. The number of Topliss-reactive ketones (excluding diaryl/α,β-unsaturated/α-hetero) is 1. The Morgan fingerprint density at radius 1 is 1.00 bits per heavy atom. The molecule has 0 radical (unpaired) electrons. The second-order valence-electron chi connectivity index (χ2n) is 8.20. The molecular weight excluding hydrogens is 246 g/mol. The Labute approximate surface area is 126 Å². The summed E-state index contributed by atoms with van der Waals surface area (Å²) in [6.45, 7) is 13.0. The minimum atomic E-state index is -0.179. The third kappa shape index (κ3) is 5.20. The summed E-state index contributed by atoms with van der Waals surface area (Å²) in [6.07, 6.45) is 8.22. The lowest BCUT2D eigenvalue weighted by atomic mass is 9.72. The highest BCUT2D eigenvalue weighted by Crippen LogP contribution is 2.33. The second-order valence-corrected chi connectivity index (χ2v) is 8.20. The first kappa shape index (κ1) is 17.7. The molecule has 118 valence electrons. The standard InChI is InChI=1S/C18H35NO/c1-7-18(5,6)16(20)14-12-10-8-9-11-13-15(14)19-17(2,3)4/h14-15,19H,7-13H2,1-6H3. The summed E-state index contributed by atoms with van der Waals surface area (Å²) in [4.78, 5) is 13.0. The van der Waals surface area contributed by atoms with E-state index < -0.39 is 0 Å². The molecule has 0 heterocycles. The number of carbonyl (C=O) groups excluding carboxylic acids is 1. The summed E-state index contributed by atoms with van der Waals surface area (Å²) >= 11 is 0. The van der Waals surface area contributed by atoms with Crippen molar-refractivity contribution in [3.05, 3.63) is 0 Å². The number of hydrogen-bond donors (Lipinski definition) is 1. The fourth-order valence-corrected chi connectivity index (χ4v) is 3.20. The van der Waals surface area contributed by atoms with Crippen molar-refractivity contribution < 1.29 is 4.79 Å². The number of ketones is 1. The zero-order valence-corrected chi connectivity index (χ0v) is 14.5. The van der Waals surface area contributed by atoms with Crippen LogP contribution in [0.4, 0.5) is 0 Å². The van der Waals surface area contributed by atoms with Gasteiger partial charge in [0.2, 0.25) is 0 Å². The lowest BCUT2D eigenvalue weighted by Crippen LogP contribution is -2.51. The predicted octanol–water partition coefficient (Wildman–Crippen LogP) is 4.72. The monoisotopic (exact) mass is 281 g/mol. The molecule has 1 aliphatic rings. The van der Waals surface area contributed by atoms with E-state index in [1.165, 1.54) is 25.7 Å². The molecule has 2 heteroatoms. The van der Waals surface area contributed by atoms with Gasteiger partial charge in [-0.2, -0.15) is 0 Å². The third-order valence-corrected chi connectivity index (χ3v) is 4.77. The molecule has 2 unspecified atom stereocenters. The molecule has 20 heavy (non-hydrogen) atoms. The summed E-state index contributed by atoms with van der Waals surface area (Å²) in [5, 5.41) is 3.73. The Balaban J connectivity index is 2.90. The van der Waals surface area contributed by atoms with Crippen molar-refractivity contribution in [2.24, 2.45) is 11.3 Å². The van der Waals surface area contributed by atoms with Crippen LogP contribution in [0.3, 0.4) is 0 Å². The van der Waals surface area contributed by atoms with Crippen molar-refractivity contribution >= 4 is 5.78 Å². The van der Waals surface area contributed by atoms with Crippen LogP contribution in [0.1, 0.15) is 86.5 Å². The van der Waals surface area contributed by atoms with Crippen LogP contribution in [0, 0.1) is 11.3 Å². The van der Waals surface area contributed by atoms with Gasteiger partial charge in [0.05, 0.1) is 0 Å². The number of hydrogen-bond acceptors (Lipinski definition) is 2. The van der Waals surface area contributed by atoms with E-state index in [-0.39, 0.29) is 16.9 Å². The molecule has 1 rings (SSSR count). The molecule has 0 saturated heterocycles. The van der Waals surface area contributed by atoms with Gasteiger partial charge in [-0.15, -0.1) is 0 Å². The molecule has 1 N–H and O–H groups in total. The molecule has 0 aliphatic heterocycles. The van der Waals surface area contributed by atoms with Crippen LogP contribution in [0.25, 0.3) is 0 Å². The number of nitrogens with one attached hydrogen (secondary N) is 1. The van der Waals surface area contributed by atoms with Crippen LogP contribution in [0.15, 0.2) is 0 Å². The van der Waals surface area contributed by atoms with Gasteiger partial charge in [-0.05, 0) is 40.0 Å². The largest absolute Gasteiger partial charge is 0.309 e. The van der Waals surface area contributed by atoms with Crippen LogP contribution in [-0.2, 0) is 4.79 Å². The van der Waals surface area contributed by atoms with Gasteiger partial charge in [0, 0.05) is 22.9 Å². The normalized spacial score (nSPS) is 25.9. The molecule has 0 aromatic rings. The maximum Gasteiger partial charge on any atom is 0.143 e. The number of rotatable bonds is 4. The first-order chi connectivity index (χ1) is 9.17. The molecule has 0 aromatic heterocycles. The van der Waals surface area contributed by atoms with Crippen molar-refractivity contribution in [3.8, 4) is 0 Å². The summed E-state index contributed by atoms with van der Waals surface area (Å²) in [5.74, 6) is 0.674. The highest BCUT2D eigenvalue weighted by molar-refractivity contribution is 5.86. The van der Waals surface area contributed by atoms with Crippen LogP contribution in [0.5, 0.6) is 0 Å². The smallest absolute Gasteiger partial charge is 0.143 e. The van der Waals surface area contributed by atoms with E-state index in [9.17, 15) is 4.79 Å². The molecule has 0 aromatic carbocycles. The topological polar surface area (TPSA) is 29.1 Å². The lowest BCUT2D eigenvalue weighted by molar-refractivity contribution is -0.133. The molecule has 1 saturated carbocycles. The van der Waals surface area contributed by atoms with Gasteiger partial charge < -0.3 is 5.32 Å². The van der Waals surface area contributed by atoms with Crippen LogP contribution >= 0.6 is 0 Å². The van der Waals surface area contributed by atoms with Crippen LogP contribution < -0.4 is 5.32 Å². The quantitative estimate of drug-likeness (QED) is 0.808. The van der Waals surface area contributed by atoms with E-state index in [0.29, 0.717) is 11.8 Å². The molecule has 0 spiro atoms. The van der Waals surface area contributed by atoms with E-state index in [1.807, 2.05) is 0 Å². The Hall–Kier alpha value is -0.370. The zero-order valence-electron chi connectivity index (χ0n) is 14.5. The van der Waals surface area contributed by atoms with Crippen molar-refractivity contribution in [1.29, 1.82) is 0 Å². The van der Waals surface area contributed by atoms with Crippen LogP contribution in [0.2, 0.25) is 0 Å². The average Bonchev–Trinajstić information content (AvgIpc) is 2.31. The van der Waals surface area contributed by atoms with Gasteiger partial charge in [-0.3, -0.25) is 4.79 Å². The molecule has 1 aliphatic carbocycles. The molecule has 1 fully saturated rings. The highest BCUT2D eigenvalue weighted by atomic mass is 16.1. The number of carbonyl (C=O) groups is 1. The predicted molar refractivity (Wildman–Crippen MR) is 86.9 cm³/mol. The van der Waals surface area contributed by atoms with E-state index >= 15 is 0 Å². The average molecular weight is 281 g/mol. The minimum absolute atomic E-state index is 0.0821. The van der Waals surface area contributed by atoms with Crippen molar-refractivity contribution in [1.82, 2.24) is 5.32 Å². The van der Waals surface area contributed by atoms with Crippen molar-refractivity contribution in [2.75, 3.05) is 0 Å². The molecule has 0 amide bonds. The van der Waals surface area contributed by atoms with Crippen molar-refractivity contribution in [3.63, 3.8) is 0 Å². The van der Waals surface area contributed by atoms with E-state index in [2.05, 4.69) is 46.9 Å². The Morgan fingerprint density at radius 2 is 1.55 bits per heavy atom. The van der Waals surface area contributed by atoms with Gasteiger partial charge in [-0.25, -0.2) is 0 Å². The molecule has 2 atom stereocenters. The third-order valence-electron chi connectivity index (χ3n) is 4.77. The summed E-state index contributed by atoms with van der Waals surface area (Å²) in [6, 6.07) is 0.355.